The molecule has 0 spiro atoms. The molecule has 3 aromatic rings. The van der Waals surface area contributed by atoms with Crippen molar-refractivity contribution in [2.24, 2.45) is 0 Å². The summed E-state index contributed by atoms with van der Waals surface area (Å²) in [4.78, 5) is 16.5. The second-order valence-electron chi connectivity index (χ2n) is 8.22. The third kappa shape index (κ3) is 7.03. The summed E-state index contributed by atoms with van der Waals surface area (Å²) >= 11 is 0. The number of aromatic nitrogens is 1. The Morgan fingerprint density at radius 1 is 1.18 bits per heavy atom. The molecule has 0 saturated heterocycles. The van der Waals surface area contributed by atoms with Crippen molar-refractivity contribution >= 4 is 22.4 Å². The minimum atomic E-state index is -0.474. The molecular formula is C29H33NO4. The molecule has 0 aliphatic rings. The summed E-state index contributed by atoms with van der Waals surface area (Å²) in [6.45, 7) is 8.08. The molecule has 0 fully saturated rings. The van der Waals surface area contributed by atoms with Crippen LogP contribution in [0.4, 0.5) is 0 Å². The molecule has 34 heavy (non-hydrogen) atoms. The normalized spacial score (nSPS) is 12.4. The topological polar surface area (TPSA) is 68.7 Å². The molecule has 1 N–H and O–H groups in total. The van der Waals surface area contributed by atoms with Crippen LogP contribution in [-0.2, 0) is 9.53 Å². The molecule has 0 aliphatic carbocycles. The average molecular weight is 460 g/mol. The van der Waals surface area contributed by atoms with Gasteiger partial charge in [0.25, 0.3) is 0 Å². The van der Waals surface area contributed by atoms with E-state index in [1.54, 1.807) is 0 Å². The van der Waals surface area contributed by atoms with E-state index in [0.29, 0.717) is 12.2 Å². The lowest BCUT2D eigenvalue weighted by Crippen LogP contribution is -2.09. The van der Waals surface area contributed by atoms with Crippen LogP contribution in [0, 0.1) is 0 Å². The number of unbranched alkanes of at least 4 members (excludes halogenated alkanes) is 1. The van der Waals surface area contributed by atoms with Crippen molar-refractivity contribution in [3.8, 4) is 5.75 Å². The van der Waals surface area contributed by atoms with Gasteiger partial charge in [-0.1, -0.05) is 56.3 Å². The number of ether oxygens (including phenoxy) is 2. The van der Waals surface area contributed by atoms with E-state index in [-0.39, 0.29) is 19.2 Å². The molecule has 1 atom stereocenters. The summed E-state index contributed by atoms with van der Waals surface area (Å²) in [7, 11) is 0. The molecule has 0 amide bonds. The second kappa shape index (κ2) is 12.7. The van der Waals surface area contributed by atoms with E-state index < -0.39 is 6.10 Å². The van der Waals surface area contributed by atoms with E-state index in [1.807, 2.05) is 48.7 Å². The highest BCUT2D eigenvalue weighted by Gasteiger charge is 2.16. The van der Waals surface area contributed by atoms with Gasteiger partial charge in [0, 0.05) is 30.5 Å². The van der Waals surface area contributed by atoms with Gasteiger partial charge in [-0.2, -0.15) is 0 Å². The van der Waals surface area contributed by atoms with Crippen LogP contribution in [0.5, 0.6) is 5.75 Å². The smallest absolute Gasteiger partial charge is 0.303 e. The van der Waals surface area contributed by atoms with Crippen LogP contribution >= 0.6 is 0 Å². The lowest BCUT2D eigenvalue weighted by Gasteiger charge is -2.19. The van der Waals surface area contributed by atoms with Gasteiger partial charge in [0.1, 0.15) is 18.5 Å². The lowest BCUT2D eigenvalue weighted by atomic mass is 9.93. The number of hydrogen-bond donors (Lipinski definition) is 1. The number of pyridine rings is 1. The maximum absolute atomic E-state index is 11.9. The van der Waals surface area contributed by atoms with Crippen LogP contribution in [-0.4, -0.2) is 29.3 Å². The molecule has 1 aromatic heterocycles. The highest BCUT2D eigenvalue weighted by atomic mass is 16.5. The van der Waals surface area contributed by atoms with Gasteiger partial charge in [0.2, 0.25) is 0 Å². The quantitative estimate of drug-likeness (QED) is 0.250. The third-order valence-corrected chi connectivity index (χ3v) is 5.55. The van der Waals surface area contributed by atoms with Crippen LogP contribution in [0.2, 0.25) is 0 Å². The molecule has 0 radical (unpaired) electrons. The number of carbonyl (C=O) groups is 1. The Labute approximate surface area is 201 Å². The van der Waals surface area contributed by atoms with Crippen molar-refractivity contribution in [2.45, 2.75) is 45.6 Å². The van der Waals surface area contributed by atoms with Crippen LogP contribution in [0.1, 0.15) is 56.8 Å². The number of para-hydroxylation sites is 1. The fourth-order valence-corrected chi connectivity index (χ4v) is 3.86. The van der Waals surface area contributed by atoms with Crippen molar-refractivity contribution in [1.82, 2.24) is 4.98 Å². The van der Waals surface area contributed by atoms with Crippen molar-refractivity contribution < 1.29 is 19.4 Å². The number of rotatable bonds is 12. The summed E-state index contributed by atoms with van der Waals surface area (Å²) in [5.74, 6) is 0.276. The number of carbonyl (C=O) groups excluding carboxylic acids is 1. The van der Waals surface area contributed by atoms with Crippen LogP contribution < -0.4 is 4.74 Å². The van der Waals surface area contributed by atoms with Gasteiger partial charge < -0.3 is 14.6 Å². The highest BCUT2D eigenvalue weighted by Crippen LogP contribution is 2.32. The van der Waals surface area contributed by atoms with Gasteiger partial charge in [-0.25, -0.2) is 0 Å². The van der Waals surface area contributed by atoms with Gasteiger partial charge in [0.05, 0.1) is 12.1 Å². The first-order valence-electron chi connectivity index (χ1n) is 11.8. The second-order valence-corrected chi connectivity index (χ2v) is 8.22. The molecule has 2 aromatic carbocycles. The van der Waals surface area contributed by atoms with E-state index >= 15 is 0 Å². The maximum Gasteiger partial charge on any atom is 0.303 e. The van der Waals surface area contributed by atoms with E-state index in [2.05, 4.69) is 36.7 Å². The van der Waals surface area contributed by atoms with Crippen molar-refractivity contribution in [3.63, 3.8) is 0 Å². The monoisotopic (exact) mass is 459 g/mol. The van der Waals surface area contributed by atoms with Gasteiger partial charge in [0.15, 0.2) is 0 Å². The predicted molar refractivity (Wildman–Crippen MR) is 137 cm³/mol. The first-order valence-corrected chi connectivity index (χ1v) is 11.8. The van der Waals surface area contributed by atoms with Crippen LogP contribution in [0.25, 0.3) is 16.5 Å². The molecule has 178 valence electrons. The zero-order valence-corrected chi connectivity index (χ0v) is 20.0. The van der Waals surface area contributed by atoms with E-state index in [0.717, 1.165) is 52.4 Å². The number of benzene rings is 2. The SMILES string of the molecule is C=C(CCCC)/C(=C/C[C@@H](OC(C)=O)c1cccc(OCCO)c1)c1cnc2ccccc2c1. The fraction of sp³-hybridized carbons (Fsp3) is 0.310. The fourth-order valence-electron chi connectivity index (χ4n) is 3.86. The molecule has 3 rings (SSSR count). The van der Waals surface area contributed by atoms with Crippen molar-refractivity contribution in [3.05, 3.63) is 90.1 Å². The molecule has 0 bridgehead atoms. The minimum Gasteiger partial charge on any atom is -0.491 e. The first-order chi connectivity index (χ1) is 16.5. The van der Waals surface area contributed by atoms with Crippen molar-refractivity contribution in [2.75, 3.05) is 13.2 Å². The minimum absolute atomic E-state index is 0.0661. The Bertz CT molecular complexity index is 1150. The Hall–Kier alpha value is -3.44. The van der Waals surface area contributed by atoms with E-state index in [1.165, 1.54) is 6.92 Å². The standard InChI is InChI=1S/C29H33NO4/c1-4-5-9-21(2)27(25-18-23-10-6-7-13-28(23)30-20-25)14-15-29(34-22(3)32)24-11-8-12-26(19-24)33-17-16-31/h6-8,10-14,18-20,29,31H,2,4-5,9,15-17H2,1,3H3/b27-14-/t29-/m1/s1. The molecule has 5 nitrogen and oxygen atoms in total. The van der Waals surface area contributed by atoms with Crippen LogP contribution in [0.15, 0.2) is 79.0 Å². The van der Waals surface area contributed by atoms with E-state index in [4.69, 9.17) is 14.6 Å². The van der Waals surface area contributed by atoms with Crippen molar-refractivity contribution in [1.29, 1.82) is 0 Å². The van der Waals surface area contributed by atoms with Gasteiger partial charge >= 0.3 is 5.97 Å². The average Bonchev–Trinajstić information content (AvgIpc) is 2.85. The van der Waals surface area contributed by atoms with Gasteiger partial charge in [-0.05, 0) is 53.8 Å². The summed E-state index contributed by atoms with van der Waals surface area (Å²) < 4.78 is 11.2. The number of aliphatic hydroxyl groups excluding tert-OH is 1. The van der Waals surface area contributed by atoms with Crippen LogP contribution in [0.3, 0.4) is 0 Å². The molecule has 0 saturated carbocycles. The zero-order chi connectivity index (χ0) is 24.3. The summed E-state index contributed by atoms with van der Waals surface area (Å²) in [6, 6.07) is 17.6. The molecule has 5 heteroatoms. The van der Waals surface area contributed by atoms with Gasteiger partial charge in [-0.3, -0.25) is 9.78 Å². The number of hydrogen-bond acceptors (Lipinski definition) is 5. The summed E-state index contributed by atoms with van der Waals surface area (Å²) in [6.07, 6.45) is 7.01. The Kier molecular flexibility index (Phi) is 9.41. The van der Waals surface area contributed by atoms with E-state index in [9.17, 15) is 4.79 Å². The number of aliphatic hydroxyl groups is 1. The largest absolute Gasteiger partial charge is 0.491 e. The highest BCUT2D eigenvalue weighted by molar-refractivity contribution is 5.86. The third-order valence-electron chi connectivity index (χ3n) is 5.55. The summed E-state index contributed by atoms with van der Waals surface area (Å²) in [5.41, 5.74) is 4.85. The Morgan fingerprint density at radius 2 is 2.00 bits per heavy atom. The Balaban J connectivity index is 1.95. The molecule has 1 heterocycles. The first kappa shape index (κ1) is 25.2. The predicted octanol–water partition coefficient (Wildman–Crippen LogP) is 6.43. The number of esters is 1. The summed E-state index contributed by atoms with van der Waals surface area (Å²) in [5, 5.41) is 10.1. The molecule has 0 aliphatic heterocycles. The van der Waals surface area contributed by atoms with Gasteiger partial charge in [-0.15, -0.1) is 0 Å². The molecule has 0 unspecified atom stereocenters. The lowest BCUT2D eigenvalue weighted by molar-refractivity contribution is -0.146. The molecular weight excluding hydrogens is 426 g/mol. The maximum atomic E-state index is 11.9. The number of allylic oxidation sites excluding steroid dienone is 2. The zero-order valence-electron chi connectivity index (χ0n) is 20.0. The Morgan fingerprint density at radius 3 is 2.76 bits per heavy atom. The number of nitrogens with zero attached hydrogens (tertiary/aromatic N) is 1. The number of fused-ring (bicyclic) bond motifs is 1.